The van der Waals surface area contributed by atoms with Gasteiger partial charge in [0, 0.05) is 11.5 Å². The summed E-state index contributed by atoms with van der Waals surface area (Å²) in [5.41, 5.74) is 0.850. The van der Waals surface area contributed by atoms with Crippen LogP contribution in [0.15, 0.2) is 24.3 Å². The summed E-state index contributed by atoms with van der Waals surface area (Å²) in [7, 11) is 0. The number of alkyl halides is 2. The molecule has 1 aromatic rings. The fourth-order valence-electron chi connectivity index (χ4n) is 1.33. The third kappa shape index (κ3) is 1.27. The topological polar surface area (TPSA) is 20.2 Å². The Hall–Kier alpha value is -0.400. The minimum absolute atomic E-state index is 0.0991. The van der Waals surface area contributed by atoms with E-state index in [9.17, 15) is 5.11 Å². The lowest BCUT2D eigenvalue weighted by Gasteiger charge is -2.02. The van der Waals surface area contributed by atoms with Gasteiger partial charge in [0.1, 0.15) is 10.1 Å². The van der Waals surface area contributed by atoms with E-state index in [1.807, 2.05) is 12.1 Å². The van der Waals surface area contributed by atoms with Crippen molar-refractivity contribution >= 4 is 23.2 Å². The van der Waals surface area contributed by atoms with Crippen LogP contribution in [0.4, 0.5) is 0 Å². The van der Waals surface area contributed by atoms with Crippen molar-refractivity contribution in [2.75, 3.05) is 0 Å². The van der Waals surface area contributed by atoms with Gasteiger partial charge in [-0.3, -0.25) is 0 Å². The molecule has 1 atom stereocenters. The first kappa shape index (κ1) is 8.21. The van der Waals surface area contributed by atoms with Gasteiger partial charge in [-0.25, -0.2) is 0 Å². The second-order valence-corrected chi connectivity index (χ2v) is 4.62. The molecule has 1 aliphatic carbocycles. The van der Waals surface area contributed by atoms with Crippen LogP contribution in [-0.4, -0.2) is 9.44 Å². The van der Waals surface area contributed by atoms with E-state index in [4.69, 9.17) is 23.2 Å². The predicted octanol–water partition coefficient (Wildman–Crippen LogP) is 3.05. The third-order valence-corrected chi connectivity index (χ3v) is 2.97. The summed E-state index contributed by atoms with van der Waals surface area (Å²) in [6.45, 7) is 0. The maximum atomic E-state index is 9.44. The summed E-state index contributed by atoms with van der Waals surface area (Å²) < 4.78 is -0.654. The first-order valence-corrected chi connectivity index (χ1v) is 4.52. The fourth-order valence-corrected chi connectivity index (χ4v) is 1.88. The molecule has 0 bridgehead atoms. The Labute approximate surface area is 80.9 Å². The SMILES string of the molecule is Oc1ccccc1C1CC1(Cl)Cl. The van der Waals surface area contributed by atoms with Crippen molar-refractivity contribution < 1.29 is 5.11 Å². The number of hydrogen-bond acceptors (Lipinski definition) is 1. The Balaban J connectivity index is 2.31. The van der Waals surface area contributed by atoms with Gasteiger partial charge >= 0.3 is 0 Å². The molecule has 1 N–H and O–H groups in total. The van der Waals surface area contributed by atoms with Gasteiger partial charge in [-0.05, 0) is 12.5 Å². The molecule has 0 aliphatic heterocycles. The van der Waals surface area contributed by atoms with Crippen LogP contribution in [0.5, 0.6) is 5.75 Å². The third-order valence-electron chi connectivity index (χ3n) is 2.14. The maximum absolute atomic E-state index is 9.44. The standard InChI is InChI=1S/C9H8Cl2O/c10-9(11)5-7(9)6-3-1-2-4-8(6)12/h1-4,7,12H,5H2. The summed E-state index contributed by atoms with van der Waals surface area (Å²) in [6, 6.07) is 7.16. The van der Waals surface area contributed by atoms with Crippen molar-refractivity contribution in [2.45, 2.75) is 16.7 Å². The molecule has 1 nitrogen and oxygen atoms in total. The van der Waals surface area contributed by atoms with E-state index in [0.717, 1.165) is 12.0 Å². The number of benzene rings is 1. The lowest BCUT2D eigenvalue weighted by Crippen LogP contribution is -1.89. The van der Waals surface area contributed by atoms with Gasteiger partial charge in [0.2, 0.25) is 0 Å². The van der Waals surface area contributed by atoms with Gasteiger partial charge in [-0.1, -0.05) is 18.2 Å². The first-order valence-electron chi connectivity index (χ1n) is 3.77. The van der Waals surface area contributed by atoms with Crippen molar-refractivity contribution in [3.63, 3.8) is 0 Å². The number of aromatic hydroxyl groups is 1. The highest BCUT2D eigenvalue weighted by Crippen LogP contribution is 2.60. The molecule has 2 rings (SSSR count). The van der Waals surface area contributed by atoms with Gasteiger partial charge in [0.05, 0.1) is 0 Å². The molecule has 0 heterocycles. The number of rotatable bonds is 1. The highest BCUT2D eigenvalue weighted by Gasteiger charge is 2.53. The molecule has 3 heteroatoms. The van der Waals surface area contributed by atoms with Gasteiger partial charge in [0.15, 0.2) is 0 Å². The molecule has 0 aromatic heterocycles. The Morgan fingerprint density at radius 3 is 2.42 bits per heavy atom. The average molecular weight is 203 g/mol. The number of hydrogen-bond donors (Lipinski definition) is 1. The smallest absolute Gasteiger partial charge is 0.126 e. The zero-order chi connectivity index (χ0) is 8.77. The van der Waals surface area contributed by atoms with Crippen LogP contribution in [0.2, 0.25) is 0 Å². The van der Waals surface area contributed by atoms with E-state index >= 15 is 0 Å². The minimum Gasteiger partial charge on any atom is -0.508 e. The molecule has 1 unspecified atom stereocenters. The van der Waals surface area contributed by atoms with E-state index in [1.54, 1.807) is 12.1 Å². The number of phenolic OH excluding ortho intramolecular Hbond substituents is 1. The van der Waals surface area contributed by atoms with Crippen LogP contribution < -0.4 is 0 Å². The van der Waals surface area contributed by atoms with Crippen LogP contribution in [-0.2, 0) is 0 Å². The van der Waals surface area contributed by atoms with Gasteiger partial charge in [-0.15, -0.1) is 23.2 Å². The molecule has 0 saturated heterocycles. The zero-order valence-corrected chi connectivity index (χ0v) is 7.81. The van der Waals surface area contributed by atoms with Gasteiger partial charge < -0.3 is 5.11 Å². The van der Waals surface area contributed by atoms with E-state index in [1.165, 1.54) is 0 Å². The van der Waals surface area contributed by atoms with Crippen molar-refractivity contribution in [3.8, 4) is 5.75 Å². The Bertz CT molecular complexity index is 309. The highest BCUT2D eigenvalue weighted by molar-refractivity contribution is 6.51. The number of halogens is 2. The van der Waals surface area contributed by atoms with Crippen LogP contribution in [0, 0.1) is 0 Å². The lowest BCUT2D eigenvalue weighted by atomic mass is 10.1. The molecule has 1 saturated carbocycles. The van der Waals surface area contributed by atoms with Crippen molar-refractivity contribution in [1.82, 2.24) is 0 Å². The quantitative estimate of drug-likeness (QED) is 0.695. The normalized spacial score (nSPS) is 25.3. The number of para-hydroxylation sites is 1. The molecular formula is C9H8Cl2O. The first-order chi connectivity index (χ1) is 5.61. The Kier molecular flexibility index (Phi) is 1.74. The predicted molar refractivity (Wildman–Crippen MR) is 49.9 cm³/mol. The van der Waals surface area contributed by atoms with Gasteiger partial charge in [-0.2, -0.15) is 0 Å². The van der Waals surface area contributed by atoms with Crippen molar-refractivity contribution in [2.24, 2.45) is 0 Å². The molecule has 0 amide bonds. The Morgan fingerprint density at radius 1 is 1.33 bits per heavy atom. The molecule has 64 valence electrons. The van der Waals surface area contributed by atoms with Crippen LogP contribution in [0.25, 0.3) is 0 Å². The minimum atomic E-state index is -0.654. The van der Waals surface area contributed by atoms with E-state index in [0.29, 0.717) is 0 Å². The van der Waals surface area contributed by atoms with Crippen LogP contribution >= 0.6 is 23.2 Å². The summed E-state index contributed by atoms with van der Waals surface area (Å²) in [6.07, 6.45) is 0.730. The van der Waals surface area contributed by atoms with Crippen LogP contribution in [0.3, 0.4) is 0 Å². The molecule has 0 spiro atoms. The molecular weight excluding hydrogens is 195 g/mol. The second-order valence-electron chi connectivity index (χ2n) is 3.08. The monoisotopic (exact) mass is 202 g/mol. The summed E-state index contributed by atoms with van der Waals surface area (Å²) in [5.74, 6) is 0.382. The van der Waals surface area contributed by atoms with E-state index < -0.39 is 4.33 Å². The maximum Gasteiger partial charge on any atom is 0.126 e. The zero-order valence-electron chi connectivity index (χ0n) is 6.30. The van der Waals surface area contributed by atoms with E-state index in [-0.39, 0.29) is 11.7 Å². The molecule has 12 heavy (non-hydrogen) atoms. The van der Waals surface area contributed by atoms with E-state index in [2.05, 4.69) is 0 Å². The van der Waals surface area contributed by atoms with Gasteiger partial charge in [0.25, 0.3) is 0 Å². The average Bonchev–Trinajstić information content (AvgIpc) is 2.61. The Morgan fingerprint density at radius 2 is 1.92 bits per heavy atom. The fraction of sp³-hybridized carbons (Fsp3) is 0.333. The molecule has 1 aromatic carbocycles. The lowest BCUT2D eigenvalue weighted by molar-refractivity contribution is 0.468. The summed E-state index contributed by atoms with van der Waals surface area (Å²) >= 11 is 11.7. The molecule has 1 aliphatic rings. The van der Waals surface area contributed by atoms with Crippen molar-refractivity contribution in [1.29, 1.82) is 0 Å². The second kappa shape index (κ2) is 2.54. The van der Waals surface area contributed by atoms with Crippen LogP contribution in [0.1, 0.15) is 17.9 Å². The summed E-state index contributed by atoms with van der Waals surface area (Å²) in [4.78, 5) is 0. The van der Waals surface area contributed by atoms with Crippen molar-refractivity contribution in [3.05, 3.63) is 29.8 Å². The number of phenols is 1. The summed E-state index contributed by atoms with van der Waals surface area (Å²) in [5, 5.41) is 9.44. The largest absolute Gasteiger partial charge is 0.508 e. The molecule has 0 radical (unpaired) electrons. The molecule has 1 fully saturated rings. The highest BCUT2D eigenvalue weighted by atomic mass is 35.5.